The van der Waals surface area contributed by atoms with E-state index in [0.29, 0.717) is 32.5 Å². The fourth-order valence-electron chi connectivity index (χ4n) is 3.55. The van der Waals surface area contributed by atoms with Crippen molar-refractivity contribution >= 4 is 27.5 Å². The van der Waals surface area contributed by atoms with Crippen molar-refractivity contribution in [2.24, 2.45) is 0 Å². The molecule has 1 aliphatic rings. The zero-order chi connectivity index (χ0) is 21.4. The molecule has 9 heteroatoms. The van der Waals surface area contributed by atoms with Gasteiger partial charge in [-0.1, -0.05) is 6.07 Å². The Morgan fingerprint density at radius 2 is 2.03 bits per heavy atom. The third-order valence-corrected chi connectivity index (χ3v) is 6.37. The van der Waals surface area contributed by atoms with E-state index in [4.69, 9.17) is 4.84 Å². The van der Waals surface area contributed by atoms with Crippen LogP contribution in [0, 0.1) is 0 Å². The van der Waals surface area contributed by atoms with Gasteiger partial charge >= 0.3 is 0 Å². The number of aromatic amines is 1. The molecule has 0 aliphatic carbocycles. The molecule has 2 N–H and O–H groups in total. The van der Waals surface area contributed by atoms with Crippen molar-refractivity contribution in [1.29, 1.82) is 0 Å². The highest BCUT2D eigenvalue weighted by Gasteiger charge is 2.40. The summed E-state index contributed by atoms with van der Waals surface area (Å²) in [6.07, 6.45) is 3.24. The molecule has 2 aromatic rings. The van der Waals surface area contributed by atoms with Gasteiger partial charge in [-0.3, -0.25) is 9.63 Å². The summed E-state index contributed by atoms with van der Waals surface area (Å²) < 4.78 is 28.8. The fourth-order valence-corrected chi connectivity index (χ4v) is 5.25. The van der Waals surface area contributed by atoms with Gasteiger partial charge in [0.15, 0.2) is 0 Å². The number of aromatic nitrogens is 1. The number of benzene rings is 1. The van der Waals surface area contributed by atoms with Gasteiger partial charge in [0, 0.05) is 35.7 Å². The van der Waals surface area contributed by atoms with Gasteiger partial charge in [-0.05, 0) is 64.3 Å². The molecule has 0 bridgehead atoms. The van der Waals surface area contributed by atoms with Gasteiger partial charge in [-0.2, -0.15) is 17.4 Å². The van der Waals surface area contributed by atoms with Crippen molar-refractivity contribution in [1.82, 2.24) is 19.1 Å². The third-order valence-electron chi connectivity index (χ3n) is 4.62. The molecule has 3 rings (SSSR count). The summed E-state index contributed by atoms with van der Waals surface area (Å²) in [5, 5.41) is 2.33. The molecule has 0 radical (unpaired) electrons. The number of nitrogens with zero attached hydrogens (tertiary/aromatic N) is 2. The molecule has 160 valence electrons. The molecular formula is C20H30N4O4S. The topological polar surface area (TPSA) is 94.7 Å². The van der Waals surface area contributed by atoms with E-state index in [1.807, 2.05) is 59.0 Å². The number of H-pyrrole nitrogens is 1. The highest BCUT2D eigenvalue weighted by molar-refractivity contribution is 7.87. The number of amides is 1. The summed E-state index contributed by atoms with van der Waals surface area (Å²) in [7, 11) is -3.47. The lowest BCUT2D eigenvalue weighted by Gasteiger charge is -2.26. The van der Waals surface area contributed by atoms with Gasteiger partial charge in [-0.25, -0.2) is 5.06 Å². The van der Waals surface area contributed by atoms with Crippen LogP contribution in [-0.4, -0.2) is 53.4 Å². The monoisotopic (exact) mass is 422 g/mol. The van der Waals surface area contributed by atoms with Crippen LogP contribution in [-0.2, 0) is 32.8 Å². The molecule has 1 fully saturated rings. The van der Waals surface area contributed by atoms with Crippen LogP contribution in [0.25, 0.3) is 10.9 Å². The summed E-state index contributed by atoms with van der Waals surface area (Å²) >= 11 is 0. The van der Waals surface area contributed by atoms with E-state index in [1.54, 1.807) is 0 Å². The van der Waals surface area contributed by atoms with Crippen molar-refractivity contribution in [2.75, 3.05) is 13.1 Å². The summed E-state index contributed by atoms with van der Waals surface area (Å²) in [5.41, 5.74) is 2.01. The molecule has 0 spiro atoms. The average molecular weight is 423 g/mol. The molecule has 0 atom stereocenters. The summed E-state index contributed by atoms with van der Waals surface area (Å²) in [4.78, 5) is 20.2. The Labute approximate surface area is 172 Å². The lowest BCUT2D eigenvalue weighted by atomic mass is 10.1. The average Bonchev–Trinajstić information content (AvgIpc) is 3.07. The second-order valence-corrected chi connectivity index (χ2v) is 10.8. The quantitative estimate of drug-likeness (QED) is 0.529. The van der Waals surface area contributed by atoms with Gasteiger partial charge in [0.05, 0.1) is 12.1 Å². The van der Waals surface area contributed by atoms with Crippen LogP contribution in [0.1, 0.15) is 45.7 Å². The lowest BCUT2D eigenvalue weighted by molar-refractivity contribution is -0.215. The first kappa shape index (κ1) is 21.8. The highest BCUT2D eigenvalue weighted by Crippen LogP contribution is 2.25. The van der Waals surface area contributed by atoms with Crippen LogP contribution in [0.2, 0.25) is 0 Å². The molecule has 1 saturated heterocycles. The number of carbonyl (C=O) groups is 1. The maximum absolute atomic E-state index is 12.3. The SMILES string of the molecule is CC1(C)CN(Cc2ccc3[nH]cc(CCN(C=O)OC(C)(C)C)c3c2)S(=O)(=O)N1. The number of carbonyl (C=O) groups excluding carboxylic acids is 1. The van der Waals surface area contributed by atoms with E-state index in [0.717, 1.165) is 22.0 Å². The van der Waals surface area contributed by atoms with Crippen molar-refractivity contribution < 1.29 is 18.0 Å². The van der Waals surface area contributed by atoms with Crippen molar-refractivity contribution in [3.05, 3.63) is 35.5 Å². The Morgan fingerprint density at radius 1 is 1.31 bits per heavy atom. The first-order valence-electron chi connectivity index (χ1n) is 9.68. The zero-order valence-corrected chi connectivity index (χ0v) is 18.5. The molecule has 0 saturated carbocycles. The van der Waals surface area contributed by atoms with Crippen LogP contribution >= 0.6 is 0 Å². The van der Waals surface area contributed by atoms with Crippen LogP contribution in [0.15, 0.2) is 24.4 Å². The largest absolute Gasteiger partial charge is 0.361 e. The van der Waals surface area contributed by atoms with Crippen molar-refractivity contribution in [3.63, 3.8) is 0 Å². The Balaban J connectivity index is 1.76. The highest BCUT2D eigenvalue weighted by atomic mass is 32.2. The van der Waals surface area contributed by atoms with Gasteiger partial charge in [0.2, 0.25) is 6.41 Å². The minimum Gasteiger partial charge on any atom is -0.361 e. The number of hydroxylamine groups is 2. The van der Waals surface area contributed by atoms with Crippen LogP contribution in [0.5, 0.6) is 0 Å². The van der Waals surface area contributed by atoms with Crippen LogP contribution in [0.4, 0.5) is 0 Å². The molecule has 1 aliphatic heterocycles. The van der Waals surface area contributed by atoms with Gasteiger partial charge in [0.1, 0.15) is 0 Å². The molecule has 2 heterocycles. The normalized spacial score (nSPS) is 18.9. The number of hydrogen-bond acceptors (Lipinski definition) is 4. The van der Waals surface area contributed by atoms with E-state index in [9.17, 15) is 13.2 Å². The smallest absolute Gasteiger partial charge is 0.280 e. The molecule has 1 amide bonds. The van der Waals surface area contributed by atoms with E-state index in [2.05, 4.69) is 9.71 Å². The predicted octanol–water partition coefficient (Wildman–Crippen LogP) is 2.33. The van der Waals surface area contributed by atoms with E-state index < -0.39 is 21.3 Å². The molecule has 0 unspecified atom stereocenters. The maximum Gasteiger partial charge on any atom is 0.280 e. The van der Waals surface area contributed by atoms with Crippen LogP contribution in [0.3, 0.4) is 0 Å². The molecule has 1 aromatic heterocycles. The first-order chi connectivity index (χ1) is 13.4. The minimum absolute atomic E-state index is 0.312. The van der Waals surface area contributed by atoms with E-state index >= 15 is 0 Å². The molecule has 1 aromatic carbocycles. The fraction of sp³-hybridized carbons (Fsp3) is 0.550. The zero-order valence-electron chi connectivity index (χ0n) is 17.7. The first-order valence-corrected chi connectivity index (χ1v) is 11.1. The Morgan fingerprint density at radius 3 is 2.62 bits per heavy atom. The van der Waals surface area contributed by atoms with Gasteiger partial charge in [0.25, 0.3) is 10.2 Å². The number of nitrogens with one attached hydrogen (secondary N) is 2. The van der Waals surface area contributed by atoms with Crippen molar-refractivity contribution in [2.45, 2.75) is 58.7 Å². The molecular weight excluding hydrogens is 392 g/mol. The second-order valence-electron chi connectivity index (χ2n) is 9.15. The molecule has 8 nitrogen and oxygen atoms in total. The Hall–Kier alpha value is -1.94. The standard InChI is InChI=1S/C20H30N4O4S/c1-19(2,3)28-23(14-25)9-8-16-11-21-18-7-6-15(10-17(16)18)12-24-13-20(4,5)22-29(24,26)27/h6-7,10-11,14,21-22H,8-9,12-13H2,1-5H3. The number of fused-ring (bicyclic) bond motifs is 1. The number of rotatable bonds is 7. The summed E-state index contributed by atoms with van der Waals surface area (Å²) in [5.74, 6) is 0. The maximum atomic E-state index is 12.3. The summed E-state index contributed by atoms with van der Waals surface area (Å²) in [6, 6.07) is 5.90. The van der Waals surface area contributed by atoms with E-state index in [1.165, 1.54) is 9.37 Å². The van der Waals surface area contributed by atoms with Gasteiger partial charge in [-0.15, -0.1) is 0 Å². The van der Waals surface area contributed by atoms with Crippen LogP contribution < -0.4 is 4.72 Å². The summed E-state index contributed by atoms with van der Waals surface area (Å²) in [6.45, 7) is 10.6. The second kappa shape index (κ2) is 7.71. The predicted molar refractivity (Wildman–Crippen MR) is 112 cm³/mol. The lowest BCUT2D eigenvalue weighted by Crippen LogP contribution is -2.36. The Kier molecular flexibility index (Phi) is 5.79. The molecule has 29 heavy (non-hydrogen) atoms. The Bertz CT molecular complexity index is 992. The third kappa shape index (κ3) is 5.36. The van der Waals surface area contributed by atoms with Gasteiger partial charge < -0.3 is 4.98 Å². The van der Waals surface area contributed by atoms with E-state index in [-0.39, 0.29) is 0 Å². The van der Waals surface area contributed by atoms with Crippen molar-refractivity contribution in [3.8, 4) is 0 Å². The minimum atomic E-state index is -3.47. The number of hydrogen-bond donors (Lipinski definition) is 2.